The molecule has 1 aliphatic heterocycles. The summed E-state index contributed by atoms with van der Waals surface area (Å²) in [4.78, 5) is 21.2. The summed E-state index contributed by atoms with van der Waals surface area (Å²) in [5, 5.41) is 0. The van der Waals surface area contributed by atoms with Crippen molar-refractivity contribution in [2.24, 2.45) is 0 Å². The quantitative estimate of drug-likeness (QED) is 0.868. The van der Waals surface area contributed by atoms with Crippen molar-refractivity contribution in [2.75, 3.05) is 13.1 Å². The number of aryl methyl sites for hydroxylation is 2. The van der Waals surface area contributed by atoms with E-state index in [2.05, 4.69) is 48.0 Å². The van der Waals surface area contributed by atoms with Gasteiger partial charge in [-0.05, 0) is 43.5 Å². The molecule has 1 unspecified atom stereocenters. The lowest BCUT2D eigenvalue weighted by Gasteiger charge is -2.39. The first kappa shape index (κ1) is 16.7. The van der Waals surface area contributed by atoms with E-state index in [1.807, 2.05) is 30.3 Å². The predicted octanol–water partition coefficient (Wildman–Crippen LogP) is 2.93. The maximum absolute atomic E-state index is 12.8. The molecule has 3 rings (SSSR count). The van der Waals surface area contributed by atoms with Crippen LogP contribution < -0.4 is 0 Å². The number of carbonyl (C=O) groups is 1. The zero-order valence-electron chi connectivity index (χ0n) is 14.7. The third-order valence-electron chi connectivity index (χ3n) is 4.84. The van der Waals surface area contributed by atoms with E-state index in [-0.39, 0.29) is 11.9 Å². The van der Waals surface area contributed by atoms with Crippen LogP contribution in [0.4, 0.5) is 0 Å². The Morgan fingerprint density at radius 2 is 2.00 bits per heavy atom. The van der Waals surface area contributed by atoms with Crippen molar-refractivity contribution in [2.45, 2.75) is 39.9 Å². The molecule has 1 aromatic carbocycles. The average molecular weight is 323 g/mol. The highest BCUT2D eigenvalue weighted by Crippen LogP contribution is 2.18. The van der Waals surface area contributed by atoms with E-state index in [0.717, 1.165) is 19.6 Å². The van der Waals surface area contributed by atoms with Gasteiger partial charge in [0.05, 0.1) is 6.04 Å². The summed E-state index contributed by atoms with van der Waals surface area (Å²) in [6.45, 7) is 9.36. The fourth-order valence-electron chi connectivity index (χ4n) is 3.28. The molecule has 0 saturated carbocycles. The molecule has 126 valence electrons. The Morgan fingerprint density at radius 3 is 2.75 bits per heavy atom. The highest BCUT2D eigenvalue weighted by Gasteiger charge is 2.31. The third-order valence-corrected chi connectivity index (χ3v) is 4.84. The number of nitrogens with zero attached hydrogens (tertiary/aromatic N) is 3. The second kappa shape index (κ2) is 7.14. The minimum absolute atomic E-state index is 0.0869. The molecule has 2 aromatic rings. The Hall–Kier alpha value is -2.20. The lowest BCUT2D eigenvalue weighted by atomic mass is 10.1. The number of pyridine rings is 1. The van der Waals surface area contributed by atoms with Crippen LogP contribution in [-0.2, 0) is 17.9 Å². The topological polar surface area (TPSA) is 36.4 Å². The molecule has 0 spiro atoms. The molecular formula is C20H25N3O. The van der Waals surface area contributed by atoms with Crippen molar-refractivity contribution in [1.29, 1.82) is 0 Å². The number of hydrogen-bond donors (Lipinski definition) is 0. The van der Waals surface area contributed by atoms with E-state index in [4.69, 9.17) is 0 Å². The highest BCUT2D eigenvalue weighted by atomic mass is 16.2. The van der Waals surface area contributed by atoms with Crippen molar-refractivity contribution >= 4 is 5.91 Å². The van der Waals surface area contributed by atoms with Gasteiger partial charge in [-0.15, -0.1) is 0 Å². The lowest BCUT2D eigenvalue weighted by Crippen LogP contribution is -2.54. The SMILES string of the molecule is Cc1cccc(CN2CCN(Cc3ccncc3C)C(C)C2=O)c1. The summed E-state index contributed by atoms with van der Waals surface area (Å²) in [6.07, 6.45) is 3.71. The van der Waals surface area contributed by atoms with E-state index < -0.39 is 0 Å². The van der Waals surface area contributed by atoms with Gasteiger partial charge in [0.2, 0.25) is 5.91 Å². The number of benzene rings is 1. The first-order valence-corrected chi connectivity index (χ1v) is 8.52. The van der Waals surface area contributed by atoms with E-state index >= 15 is 0 Å². The van der Waals surface area contributed by atoms with Crippen molar-refractivity contribution in [3.8, 4) is 0 Å². The molecule has 4 heteroatoms. The monoisotopic (exact) mass is 323 g/mol. The van der Waals surface area contributed by atoms with Gasteiger partial charge in [0.25, 0.3) is 0 Å². The normalized spacial score (nSPS) is 18.9. The Balaban J connectivity index is 1.66. The fourth-order valence-corrected chi connectivity index (χ4v) is 3.28. The first-order valence-electron chi connectivity index (χ1n) is 8.52. The van der Waals surface area contributed by atoms with Gasteiger partial charge in [0, 0.05) is 38.6 Å². The highest BCUT2D eigenvalue weighted by molar-refractivity contribution is 5.82. The van der Waals surface area contributed by atoms with Crippen LogP contribution >= 0.6 is 0 Å². The number of carbonyl (C=O) groups excluding carboxylic acids is 1. The van der Waals surface area contributed by atoms with E-state index in [1.165, 1.54) is 22.3 Å². The molecular weight excluding hydrogens is 298 g/mol. The van der Waals surface area contributed by atoms with E-state index in [1.54, 1.807) is 0 Å². The molecule has 4 nitrogen and oxygen atoms in total. The van der Waals surface area contributed by atoms with E-state index in [9.17, 15) is 4.79 Å². The molecule has 1 aromatic heterocycles. The minimum atomic E-state index is -0.0869. The van der Waals surface area contributed by atoms with E-state index in [0.29, 0.717) is 6.54 Å². The van der Waals surface area contributed by atoms with Crippen LogP contribution in [0.25, 0.3) is 0 Å². The maximum Gasteiger partial charge on any atom is 0.239 e. The zero-order valence-corrected chi connectivity index (χ0v) is 14.7. The Morgan fingerprint density at radius 1 is 1.17 bits per heavy atom. The largest absolute Gasteiger partial charge is 0.336 e. The summed E-state index contributed by atoms with van der Waals surface area (Å²) < 4.78 is 0. The van der Waals surface area contributed by atoms with Crippen LogP contribution in [0.1, 0.15) is 29.2 Å². The molecule has 0 radical (unpaired) electrons. The van der Waals surface area contributed by atoms with Crippen LogP contribution in [0.2, 0.25) is 0 Å². The van der Waals surface area contributed by atoms with Crippen molar-refractivity contribution in [3.05, 3.63) is 65.0 Å². The summed E-state index contributed by atoms with van der Waals surface area (Å²) >= 11 is 0. The minimum Gasteiger partial charge on any atom is -0.336 e. The van der Waals surface area contributed by atoms with Crippen LogP contribution in [0.3, 0.4) is 0 Å². The van der Waals surface area contributed by atoms with Crippen molar-refractivity contribution in [3.63, 3.8) is 0 Å². The van der Waals surface area contributed by atoms with Gasteiger partial charge in [-0.25, -0.2) is 0 Å². The van der Waals surface area contributed by atoms with Crippen LogP contribution in [0.5, 0.6) is 0 Å². The summed E-state index contributed by atoms with van der Waals surface area (Å²) in [7, 11) is 0. The van der Waals surface area contributed by atoms with Crippen LogP contribution in [0, 0.1) is 13.8 Å². The Kier molecular flexibility index (Phi) is 4.95. The average Bonchev–Trinajstić information content (AvgIpc) is 2.56. The van der Waals surface area contributed by atoms with Gasteiger partial charge in [0.1, 0.15) is 0 Å². The third kappa shape index (κ3) is 3.65. The molecule has 24 heavy (non-hydrogen) atoms. The number of aromatic nitrogens is 1. The number of amides is 1. The zero-order chi connectivity index (χ0) is 17.1. The molecule has 1 atom stereocenters. The number of rotatable bonds is 4. The smallest absolute Gasteiger partial charge is 0.239 e. The number of hydrogen-bond acceptors (Lipinski definition) is 3. The molecule has 0 N–H and O–H groups in total. The standard InChI is InChI=1S/C20H25N3O/c1-15-5-4-6-18(11-15)13-23-10-9-22(17(3)20(23)24)14-19-7-8-21-12-16(19)2/h4-8,11-12,17H,9-10,13-14H2,1-3H3. The Bertz CT molecular complexity index is 728. The summed E-state index contributed by atoms with van der Waals surface area (Å²) in [6, 6.07) is 10.4. The van der Waals surface area contributed by atoms with Gasteiger partial charge in [-0.3, -0.25) is 14.7 Å². The van der Waals surface area contributed by atoms with Gasteiger partial charge >= 0.3 is 0 Å². The van der Waals surface area contributed by atoms with Gasteiger partial charge in [-0.2, -0.15) is 0 Å². The summed E-state index contributed by atoms with van der Waals surface area (Å²) in [5.41, 5.74) is 4.87. The number of piperazine rings is 1. The van der Waals surface area contributed by atoms with Crippen LogP contribution in [-0.4, -0.2) is 39.8 Å². The molecule has 1 saturated heterocycles. The lowest BCUT2D eigenvalue weighted by molar-refractivity contribution is -0.142. The van der Waals surface area contributed by atoms with Gasteiger partial charge in [-0.1, -0.05) is 29.8 Å². The molecule has 0 aliphatic carbocycles. The Labute approximate surface area is 144 Å². The fraction of sp³-hybridized carbons (Fsp3) is 0.400. The second-order valence-electron chi connectivity index (χ2n) is 6.70. The van der Waals surface area contributed by atoms with Crippen molar-refractivity contribution in [1.82, 2.24) is 14.8 Å². The van der Waals surface area contributed by atoms with Gasteiger partial charge < -0.3 is 4.90 Å². The molecule has 1 aliphatic rings. The van der Waals surface area contributed by atoms with Gasteiger partial charge in [0.15, 0.2) is 0 Å². The molecule has 1 fully saturated rings. The first-order chi connectivity index (χ1) is 11.5. The maximum atomic E-state index is 12.8. The predicted molar refractivity (Wildman–Crippen MR) is 95.4 cm³/mol. The molecule has 0 bridgehead atoms. The molecule has 1 amide bonds. The molecule has 2 heterocycles. The van der Waals surface area contributed by atoms with Crippen molar-refractivity contribution < 1.29 is 4.79 Å². The second-order valence-corrected chi connectivity index (χ2v) is 6.70. The summed E-state index contributed by atoms with van der Waals surface area (Å²) in [5.74, 6) is 0.217. The van der Waals surface area contributed by atoms with Crippen LogP contribution in [0.15, 0.2) is 42.7 Å².